The monoisotopic (exact) mass is 243 g/mol. The van der Waals surface area contributed by atoms with Crippen LogP contribution < -0.4 is 0 Å². The molecule has 4 heteroatoms. The van der Waals surface area contributed by atoms with Crippen molar-refractivity contribution in [1.82, 2.24) is 4.98 Å². The molecule has 0 aliphatic heterocycles. The zero-order valence-corrected chi connectivity index (χ0v) is 9.90. The van der Waals surface area contributed by atoms with Gasteiger partial charge in [-0.2, -0.15) is 0 Å². The molecular weight excluding hydrogens is 234 g/mol. The molecule has 0 amide bonds. The van der Waals surface area contributed by atoms with E-state index in [9.17, 15) is 0 Å². The highest BCUT2D eigenvalue weighted by Crippen LogP contribution is 2.09. The van der Waals surface area contributed by atoms with Gasteiger partial charge < -0.3 is 4.42 Å². The number of hydrogen-bond acceptors (Lipinski definition) is 2. The van der Waals surface area contributed by atoms with Crippen LogP contribution in [-0.4, -0.2) is 13.1 Å². The second-order valence-corrected chi connectivity index (χ2v) is 9.00. The molecule has 0 spiro atoms. The summed E-state index contributed by atoms with van der Waals surface area (Å²) in [6.07, 6.45) is 1.61. The second kappa shape index (κ2) is 3.46. The summed E-state index contributed by atoms with van der Waals surface area (Å²) in [5, 5.41) is 0. The van der Waals surface area contributed by atoms with E-state index in [0.717, 1.165) is 0 Å². The Balaban J connectivity index is 2.80. The summed E-state index contributed by atoms with van der Waals surface area (Å²) in [6.45, 7) is 6.54. The third-order valence-corrected chi connectivity index (χ3v) is 2.26. The number of nitrogens with zero attached hydrogens (tertiary/aromatic N) is 1. The van der Waals surface area contributed by atoms with Gasteiger partial charge in [0.15, 0.2) is 4.67 Å². The van der Waals surface area contributed by atoms with Crippen LogP contribution in [0.2, 0.25) is 19.6 Å². The topological polar surface area (TPSA) is 26.0 Å². The normalized spacial score (nSPS) is 10.7. The summed E-state index contributed by atoms with van der Waals surface area (Å²) in [7, 11) is -1.31. The van der Waals surface area contributed by atoms with Crippen LogP contribution in [0.5, 0.6) is 0 Å². The Morgan fingerprint density at radius 2 is 2.17 bits per heavy atom. The Hall–Kier alpha value is -0.533. The smallest absolute Gasteiger partial charge is 0.273 e. The maximum Gasteiger partial charge on any atom is 0.273 e. The van der Waals surface area contributed by atoms with Gasteiger partial charge in [0.25, 0.3) is 5.89 Å². The van der Waals surface area contributed by atoms with E-state index in [0.29, 0.717) is 10.6 Å². The maximum absolute atomic E-state index is 5.13. The average molecular weight is 244 g/mol. The number of oxazole rings is 1. The molecule has 1 aromatic heterocycles. The standard InChI is InChI=1S/C8H10BrNOSi/c1-12(2,3)5-4-8-10-6-7(9)11-8/h6H,1-3H3. The van der Waals surface area contributed by atoms with Gasteiger partial charge in [0.1, 0.15) is 8.07 Å². The fourth-order valence-corrected chi connectivity index (χ4v) is 1.29. The van der Waals surface area contributed by atoms with Gasteiger partial charge in [-0.15, -0.1) is 5.54 Å². The Morgan fingerprint density at radius 3 is 2.58 bits per heavy atom. The maximum atomic E-state index is 5.13. The summed E-state index contributed by atoms with van der Waals surface area (Å²) >= 11 is 3.17. The molecule has 0 fully saturated rings. The van der Waals surface area contributed by atoms with Crippen LogP contribution >= 0.6 is 15.9 Å². The minimum Gasteiger partial charge on any atom is -0.423 e. The van der Waals surface area contributed by atoms with E-state index in [2.05, 4.69) is 52.0 Å². The van der Waals surface area contributed by atoms with Gasteiger partial charge in [0.05, 0.1) is 6.20 Å². The summed E-state index contributed by atoms with van der Waals surface area (Å²) in [6, 6.07) is 0. The van der Waals surface area contributed by atoms with E-state index in [-0.39, 0.29) is 0 Å². The van der Waals surface area contributed by atoms with Crippen molar-refractivity contribution in [2.45, 2.75) is 19.6 Å². The number of rotatable bonds is 0. The number of halogens is 1. The molecule has 0 bridgehead atoms. The van der Waals surface area contributed by atoms with Crippen molar-refractivity contribution in [3.05, 3.63) is 16.8 Å². The summed E-state index contributed by atoms with van der Waals surface area (Å²) < 4.78 is 5.76. The van der Waals surface area contributed by atoms with Crippen molar-refractivity contribution >= 4 is 24.0 Å². The van der Waals surface area contributed by atoms with Crippen LogP contribution in [0.1, 0.15) is 5.89 Å². The third kappa shape index (κ3) is 3.24. The lowest BCUT2D eigenvalue weighted by molar-refractivity contribution is 0.520. The van der Waals surface area contributed by atoms with Crippen molar-refractivity contribution in [3.8, 4) is 11.5 Å². The van der Waals surface area contributed by atoms with Crippen LogP contribution in [0.25, 0.3) is 0 Å². The van der Waals surface area contributed by atoms with Crippen molar-refractivity contribution in [1.29, 1.82) is 0 Å². The molecule has 2 nitrogen and oxygen atoms in total. The highest BCUT2D eigenvalue weighted by atomic mass is 79.9. The molecule has 0 N–H and O–H groups in total. The molecule has 12 heavy (non-hydrogen) atoms. The molecule has 0 radical (unpaired) electrons. The van der Waals surface area contributed by atoms with Gasteiger partial charge in [-0.1, -0.05) is 19.6 Å². The lowest BCUT2D eigenvalue weighted by atomic mass is 10.7. The summed E-state index contributed by atoms with van der Waals surface area (Å²) in [4.78, 5) is 3.95. The van der Waals surface area contributed by atoms with Crippen LogP contribution in [0, 0.1) is 11.5 Å². The third-order valence-electron chi connectivity index (χ3n) is 1.02. The van der Waals surface area contributed by atoms with E-state index in [1.54, 1.807) is 6.20 Å². The molecule has 0 aromatic carbocycles. The average Bonchev–Trinajstić information content (AvgIpc) is 2.30. The molecular formula is C8H10BrNOSi. The van der Waals surface area contributed by atoms with Crippen LogP contribution in [0.3, 0.4) is 0 Å². The fraction of sp³-hybridized carbons (Fsp3) is 0.375. The van der Waals surface area contributed by atoms with Gasteiger partial charge >= 0.3 is 0 Å². The first-order valence-corrected chi connectivity index (χ1v) is 7.91. The SMILES string of the molecule is C[Si](C)(C)C#Cc1ncc(Br)o1. The minimum absolute atomic E-state index is 0.490. The molecule has 1 heterocycles. The molecule has 0 atom stereocenters. The highest BCUT2D eigenvalue weighted by molar-refractivity contribution is 9.10. The molecule has 1 aromatic rings. The number of hydrogen-bond donors (Lipinski definition) is 0. The van der Waals surface area contributed by atoms with Gasteiger partial charge in [-0.3, -0.25) is 0 Å². The van der Waals surface area contributed by atoms with E-state index in [4.69, 9.17) is 4.42 Å². The van der Waals surface area contributed by atoms with Crippen LogP contribution in [0.4, 0.5) is 0 Å². The van der Waals surface area contributed by atoms with E-state index in [1.807, 2.05) is 0 Å². The molecule has 0 saturated heterocycles. The van der Waals surface area contributed by atoms with E-state index in [1.165, 1.54) is 0 Å². The zero-order chi connectivity index (χ0) is 9.19. The summed E-state index contributed by atoms with van der Waals surface area (Å²) in [5.74, 6) is 3.40. The molecule has 64 valence electrons. The van der Waals surface area contributed by atoms with Crippen LogP contribution in [-0.2, 0) is 0 Å². The van der Waals surface area contributed by atoms with Crippen molar-refractivity contribution in [2.24, 2.45) is 0 Å². The van der Waals surface area contributed by atoms with Gasteiger partial charge in [0, 0.05) is 0 Å². The van der Waals surface area contributed by atoms with Gasteiger partial charge in [-0.25, -0.2) is 4.98 Å². The predicted molar refractivity (Wildman–Crippen MR) is 54.4 cm³/mol. The van der Waals surface area contributed by atoms with Gasteiger partial charge in [0.2, 0.25) is 0 Å². The van der Waals surface area contributed by atoms with E-state index < -0.39 is 8.07 Å². The predicted octanol–water partition coefficient (Wildman–Crippen LogP) is 2.67. The molecule has 0 aliphatic carbocycles. The second-order valence-electron chi connectivity index (χ2n) is 3.47. The lowest BCUT2D eigenvalue weighted by Crippen LogP contribution is -2.16. The van der Waals surface area contributed by atoms with Crippen molar-refractivity contribution in [3.63, 3.8) is 0 Å². The zero-order valence-electron chi connectivity index (χ0n) is 7.31. The quantitative estimate of drug-likeness (QED) is 0.518. The Labute approximate surface area is 81.5 Å². The Morgan fingerprint density at radius 1 is 1.50 bits per heavy atom. The van der Waals surface area contributed by atoms with Gasteiger partial charge in [-0.05, 0) is 21.9 Å². The molecule has 1 rings (SSSR count). The first-order valence-electron chi connectivity index (χ1n) is 3.62. The fourth-order valence-electron chi connectivity index (χ4n) is 0.553. The molecule has 0 saturated carbocycles. The Bertz CT molecular complexity index is 329. The van der Waals surface area contributed by atoms with Crippen LogP contribution in [0.15, 0.2) is 15.3 Å². The number of aromatic nitrogens is 1. The van der Waals surface area contributed by atoms with E-state index >= 15 is 0 Å². The highest BCUT2D eigenvalue weighted by Gasteiger charge is 2.08. The largest absolute Gasteiger partial charge is 0.423 e. The first kappa shape index (κ1) is 9.55. The first-order chi connectivity index (χ1) is 5.47. The minimum atomic E-state index is -1.31. The molecule has 0 aliphatic rings. The van der Waals surface area contributed by atoms with Crippen molar-refractivity contribution < 1.29 is 4.42 Å². The lowest BCUT2D eigenvalue weighted by Gasteiger charge is -2.01. The summed E-state index contributed by atoms with van der Waals surface area (Å²) in [5.41, 5.74) is 3.16. The Kier molecular flexibility index (Phi) is 2.75. The molecule has 0 unspecified atom stereocenters. The van der Waals surface area contributed by atoms with Crippen molar-refractivity contribution in [2.75, 3.05) is 0 Å².